The molecule has 1 aromatic carbocycles. The second-order valence-corrected chi connectivity index (χ2v) is 5.05. The van der Waals surface area contributed by atoms with Crippen LogP contribution in [0, 0.1) is 0 Å². The number of nitrogen functional groups attached to an aromatic ring is 1. The Morgan fingerprint density at radius 3 is 2.85 bits per heavy atom. The summed E-state index contributed by atoms with van der Waals surface area (Å²) in [5.41, 5.74) is 9.35. The predicted molar refractivity (Wildman–Crippen MR) is 81.5 cm³/mol. The summed E-state index contributed by atoms with van der Waals surface area (Å²) in [4.78, 5) is 17.3. The number of rotatable bonds is 5. The summed E-state index contributed by atoms with van der Waals surface area (Å²) < 4.78 is 2.06. The molecule has 0 radical (unpaired) electrons. The number of carbonyl (C=O) groups excluding carboxylic acids is 1. The maximum Gasteiger partial charge on any atom is 0.219 e. The fourth-order valence-electron chi connectivity index (χ4n) is 2.41. The van der Waals surface area contributed by atoms with Crippen LogP contribution in [-0.2, 0) is 17.8 Å². The number of benzene rings is 1. The highest BCUT2D eigenvalue weighted by atomic mass is 16.2. The second-order valence-electron chi connectivity index (χ2n) is 5.05. The zero-order chi connectivity index (χ0) is 14.7. The van der Waals surface area contributed by atoms with Gasteiger partial charge in [0, 0.05) is 27.1 Å². The smallest absolute Gasteiger partial charge is 0.219 e. The van der Waals surface area contributed by atoms with E-state index in [1.165, 1.54) is 5.56 Å². The summed E-state index contributed by atoms with van der Waals surface area (Å²) in [7, 11) is 1.81. The molecule has 2 rings (SSSR count). The number of amides is 1. The first-order valence-electron chi connectivity index (χ1n) is 7.00. The first-order valence-corrected chi connectivity index (χ1v) is 7.00. The molecule has 5 heteroatoms. The number of para-hydroxylation sites is 1. The molecule has 0 fully saturated rings. The topological polar surface area (TPSA) is 64.2 Å². The third-order valence-corrected chi connectivity index (χ3v) is 3.67. The van der Waals surface area contributed by atoms with Crippen molar-refractivity contribution in [2.75, 3.05) is 19.3 Å². The lowest BCUT2D eigenvalue weighted by Gasteiger charge is -2.15. The van der Waals surface area contributed by atoms with Crippen LogP contribution in [0.2, 0.25) is 0 Å². The summed E-state index contributed by atoms with van der Waals surface area (Å²) in [6.45, 7) is 5.21. The number of anilines is 1. The Labute approximate surface area is 119 Å². The summed E-state index contributed by atoms with van der Waals surface area (Å²) in [6.07, 6.45) is 1.82. The van der Waals surface area contributed by atoms with Crippen molar-refractivity contribution in [2.24, 2.45) is 0 Å². The normalized spacial score (nSPS) is 10.9. The van der Waals surface area contributed by atoms with Gasteiger partial charge < -0.3 is 15.2 Å². The predicted octanol–water partition coefficient (Wildman–Crippen LogP) is 2.05. The molecule has 2 N–H and O–H groups in total. The lowest BCUT2D eigenvalue weighted by atomic mass is 10.1. The number of aryl methyl sites for hydroxylation is 2. The molecular weight excluding hydrogens is 252 g/mol. The summed E-state index contributed by atoms with van der Waals surface area (Å²) in [5.74, 6) is 0.633. The quantitative estimate of drug-likeness (QED) is 0.907. The van der Waals surface area contributed by atoms with E-state index in [9.17, 15) is 4.79 Å². The van der Waals surface area contributed by atoms with Gasteiger partial charge in [0.2, 0.25) is 11.9 Å². The number of aromatic nitrogens is 2. The Morgan fingerprint density at radius 2 is 2.20 bits per heavy atom. The lowest BCUT2D eigenvalue weighted by Crippen LogP contribution is -2.25. The van der Waals surface area contributed by atoms with Crippen LogP contribution in [0.15, 0.2) is 18.2 Å². The lowest BCUT2D eigenvalue weighted by molar-refractivity contribution is -0.127. The first kappa shape index (κ1) is 14.4. The highest BCUT2D eigenvalue weighted by Crippen LogP contribution is 2.22. The monoisotopic (exact) mass is 274 g/mol. The van der Waals surface area contributed by atoms with E-state index >= 15 is 0 Å². The molecule has 0 aliphatic heterocycles. The van der Waals surface area contributed by atoms with E-state index < -0.39 is 0 Å². The van der Waals surface area contributed by atoms with Crippen LogP contribution in [0.4, 0.5) is 5.95 Å². The maximum atomic E-state index is 11.2. The maximum absolute atomic E-state index is 11.2. The molecular formula is C15H22N4O. The fourth-order valence-corrected chi connectivity index (χ4v) is 2.41. The van der Waals surface area contributed by atoms with Crippen LogP contribution in [0.3, 0.4) is 0 Å². The third kappa shape index (κ3) is 2.76. The standard InChI is InChI=1S/C15H22N4O/c1-4-12-7-5-8-13-14(12)19(15(16)17-13)10-6-9-18(3)11(2)20/h5,7-8H,4,6,9-10H2,1-3H3,(H2,16,17). The van der Waals surface area contributed by atoms with Gasteiger partial charge in [-0.05, 0) is 24.5 Å². The Morgan fingerprint density at radius 1 is 1.45 bits per heavy atom. The van der Waals surface area contributed by atoms with E-state index in [-0.39, 0.29) is 5.91 Å². The van der Waals surface area contributed by atoms with E-state index in [1.807, 2.05) is 19.2 Å². The minimum absolute atomic E-state index is 0.0858. The van der Waals surface area contributed by atoms with Crippen molar-refractivity contribution in [1.29, 1.82) is 0 Å². The van der Waals surface area contributed by atoms with Crippen LogP contribution >= 0.6 is 0 Å². The number of hydrogen-bond donors (Lipinski definition) is 1. The average molecular weight is 274 g/mol. The summed E-state index contributed by atoms with van der Waals surface area (Å²) in [5, 5.41) is 0. The van der Waals surface area contributed by atoms with Gasteiger partial charge >= 0.3 is 0 Å². The zero-order valence-corrected chi connectivity index (χ0v) is 12.4. The van der Waals surface area contributed by atoms with Crippen molar-refractivity contribution in [3.8, 4) is 0 Å². The third-order valence-electron chi connectivity index (χ3n) is 3.67. The molecule has 108 valence electrons. The Bertz CT molecular complexity index is 618. The molecule has 0 aliphatic rings. The van der Waals surface area contributed by atoms with Gasteiger partial charge in [0.1, 0.15) is 0 Å². The Kier molecular flexibility index (Phi) is 4.27. The van der Waals surface area contributed by atoms with E-state index in [2.05, 4.69) is 22.5 Å². The first-order chi connectivity index (χ1) is 9.54. The van der Waals surface area contributed by atoms with Crippen LogP contribution in [0.5, 0.6) is 0 Å². The Balaban J connectivity index is 2.21. The highest BCUT2D eigenvalue weighted by Gasteiger charge is 2.11. The number of fused-ring (bicyclic) bond motifs is 1. The summed E-state index contributed by atoms with van der Waals surface area (Å²) >= 11 is 0. The number of hydrogen-bond acceptors (Lipinski definition) is 3. The van der Waals surface area contributed by atoms with Crippen LogP contribution in [-0.4, -0.2) is 34.0 Å². The second kappa shape index (κ2) is 5.94. The molecule has 0 saturated carbocycles. The SMILES string of the molecule is CCc1cccc2nc(N)n(CCCN(C)C(C)=O)c12. The minimum atomic E-state index is 0.0858. The van der Waals surface area contributed by atoms with Gasteiger partial charge in [-0.1, -0.05) is 19.1 Å². The van der Waals surface area contributed by atoms with Gasteiger partial charge in [-0.15, -0.1) is 0 Å². The van der Waals surface area contributed by atoms with Gasteiger partial charge in [-0.2, -0.15) is 0 Å². The van der Waals surface area contributed by atoms with Gasteiger partial charge in [-0.3, -0.25) is 4.79 Å². The van der Waals surface area contributed by atoms with Gasteiger partial charge in [0.15, 0.2) is 0 Å². The molecule has 0 saturated heterocycles. The minimum Gasteiger partial charge on any atom is -0.369 e. The number of carbonyl (C=O) groups is 1. The molecule has 0 atom stereocenters. The highest BCUT2D eigenvalue weighted by molar-refractivity contribution is 5.81. The number of imidazole rings is 1. The van der Waals surface area contributed by atoms with E-state index in [1.54, 1.807) is 11.8 Å². The molecule has 1 aromatic heterocycles. The van der Waals surface area contributed by atoms with Crippen molar-refractivity contribution in [3.05, 3.63) is 23.8 Å². The summed E-state index contributed by atoms with van der Waals surface area (Å²) in [6, 6.07) is 6.12. The largest absolute Gasteiger partial charge is 0.369 e. The fraction of sp³-hybridized carbons (Fsp3) is 0.467. The zero-order valence-electron chi connectivity index (χ0n) is 12.4. The van der Waals surface area contributed by atoms with Crippen LogP contribution in [0.25, 0.3) is 11.0 Å². The molecule has 2 aromatic rings. The van der Waals surface area contributed by atoms with E-state index in [0.29, 0.717) is 5.95 Å². The van der Waals surface area contributed by atoms with Gasteiger partial charge in [0.25, 0.3) is 0 Å². The van der Waals surface area contributed by atoms with Gasteiger partial charge in [0.05, 0.1) is 11.0 Å². The van der Waals surface area contributed by atoms with E-state index in [4.69, 9.17) is 5.73 Å². The van der Waals surface area contributed by atoms with Crippen LogP contribution < -0.4 is 5.73 Å². The molecule has 20 heavy (non-hydrogen) atoms. The van der Waals surface area contributed by atoms with Crippen molar-refractivity contribution >= 4 is 22.9 Å². The molecule has 0 unspecified atom stereocenters. The molecule has 0 aliphatic carbocycles. The number of nitrogens with two attached hydrogens (primary N) is 1. The molecule has 1 heterocycles. The van der Waals surface area contributed by atoms with Gasteiger partial charge in [-0.25, -0.2) is 4.98 Å². The van der Waals surface area contributed by atoms with E-state index in [0.717, 1.165) is 37.0 Å². The van der Waals surface area contributed by atoms with Crippen molar-refractivity contribution < 1.29 is 4.79 Å². The molecule has 5 nitrogen and oxygen atoms in total. The van der Waals surface area contributed by atoms with Crippen LogP contribution in [0.1, 0.15) is 25.8 Å². The van der Waals surface area contributed by atoms with Crippen molar-refractivity contribution in [2.45, 2.75) is 33.2 Å². The molecule has 0 spiro atoms. The number of nitrogens with zero attached hydrogens (tertiary/aromatic N) is 3. The van der Waals surface area contributed by atoms with Crippen molar-refractivity contribution in [3.63, 3.8) is 0 Å². The average Bonchev–Trinajstić information content (AvgIpc) is 2.74. The molecule has 1 amide bonds. The Hall–Kier alpha value is -2.04. The molecule has 0 bridgehead atoms. The van der Waals surface area contributed by atoms with Crippen molar-refractivity contribution in [1.82, 2.24) is 14.5 Å².